The molecule has 6 heteroatoms. The first-order valence-electron chi connectivity index (χ1n) is 7.60. The van der Waals surface area contributed by atoms with Crippen LogP contribution in [-0.2, 0) is 0 Å². The number of hydrogen-bond donors (Lipinski definition) is 2. The molecule has 0 aliphatic carbocycles. The minimum atomic E-state index is -0.316. The van der Waals surface area contributed by atoms with E-state index in [9.17, 15) is 4.79 Å². The summed E-state index contributed by atoms with van der Waals surface area (Å²) in [5.41, 5.74) is 1.07. The molecule has 0 bridgehead atoms. The largest absolute Gasteiger partial charge is 0.363 e. The molecule has 1 atom stereocenters. The second-order valence-electron chi connectivity index (χ2n) is 5.86. The van der Waals surface area contributed by atoms with Gasteiger partial charge >= 0.3 is 6.03 Å². The molecule has 0 saturated heterocycles. The van der Waals surface area contributed by atoms with Gasteiger partial charge in [0.25, 0.3) is 0 Å². The zero-order valence-electron chi connectivity index (χ0n) is 13.9. The van der Waals surface area contributed by atoms with Crippen molar-refractivity contribution in [3.8, 4) is 0 Å². The number of amides is 2. The normalized spacial score (nSPS) is 11.9. The minimum absolute atomic E-state index is 0.0757. The van der Waals surface area contributed by atoms with Crippen molar-refractivity contribution in [3.63, 3.8) is 0 Å². The molecule has 122 valence electrons. The van der Waals surface area contributed by atoms with Gasteiger partial charge in [-0.25, -0.2) is 9.78 Å². The summed E-state index contributed by atoms with van der Waals surface area (Å²) in [5, 5.41) is 5.68. The van der Waals surface area contributed by atoms with Crippen LogP contribution in [0.5, 0.6) is 0 Å². The molecule has 0 saturated carbocycles. The zero-order chi connectivity index (χ0) is 16.8. The molecule has 1 heterocycles. The van der Waals surface area contributed by atoms with Gasteiger partial charge in [-0.05, 0) is 17.5 Å². The maximum absolute atomic E-state index is 12.3. The Labute approximate surface area is 137 Å². The molecule has 1 aromatic heterocycles. The fraction of sp³-hybridized carbons (Fsp3) is 0.353. The van der Waals surface area contributed by atoms with Crippen LogP contribution < -0.4 is 15.5 Å². The van der Waals surface area contributed by atoms with E-state index >= 15 is 0 Å². The van der Waals surface area contributed by atoms with Gasteiger partial charge in [-0.15, -0.1) is 0 Å². The molecule has 2 amide bonds. The third-order valence-corrected chi connectivity index (χ3v) is 3.44. The van der Waals surface area contributed by atoms with E-state index in [0.29, 0.717) is 0 Å². The molecule has 0 spiro atoms. The van der Waals surface area contributed by atoms with Gasteiger partial charge in [0, 0.05) is 20.3 Å². The van der Waals surface area contributed by atoms with Crippen LogP contribution in [0.25, 0.3) is 0 Å². The van der Waals surface area contributed by atoms with Gasteiger partial charge in [0.2, 0.25) is 5.95 Å². The van der Waals surface area contributed by atoms with Crippen LogP contribution >= 0.6 is 0 Å². The molecule has 2 aromatic rings. The molecule has 0 unspecified atom stereocenters. The molecule has 2 rings (SSSR count). The van der Waals surface area contributed by atoms with Gasteiger partial charge in [-0.1, -0.05) is 44.2 Å². The monoisotopic (exact) mass is 313 g/mol. The Morgan fingerprint density at radius 3 is 2.43 bits per heavy atom. The first-order chi connectivity index (χ1) is 11.0. The number of aromatic nitrogens is 2. The Hall–Kier alpha value is -2.63. The highest BCUT2D eigenvalue weighted by Crippen LogP contribution is 2.21. The van der Waals surface area contributed by atoms with Crippen molar-refractivity contribution < 1.29 is 4.79 Å². The van der Waals surface area contributed by atoms with Gasteiger partial charge in [0.15, 0.2) is 0 Å². The van der Waals surface area contributed by atoms with Crippen LogP contribution in [0.15, 0.2) is 42.6 Å². The van der Waals surface area contributed by atoms with E-state index < -0.39 is 0 Å². The smallest absolute Gasteiger partial charge is 0.322 e. The summed E-state index contributed by atoms with van der Waals surface area (Å²) in [5.74, 6) is 1.28. The highest BCUT2D eigenvalue weighted by molar-refractivity contribution is 5.87. The number of hydrogen-bond acceptors (Lipinski definition) is 4. The number of anilines is 2. The SMILES string of the molecule is CC(C)[C@H](NC(=O)Nc1nccc(N(C)C)n1)c1ccccc1. The van der Waals surface area contributed by atoms with E-state index in [4.69, 9.17) is 0 Å². The molecule has 23 heavy (non-hydrogen) atoms. The lowest BCUT2D eigenvalue weighted by Gasteiger charge is -2.23. The summed E-state index contributed by atoms with van der Waals surface area (Å²) in [4.78, 5) is 22.5. The summed E-state index contributed by atoms with van der Waals surface area (Å²) in [6, 6.07) is 11.3. The van der Waals surface area contributed by atoms with E-state index in [1.165, 1.54) is 0 Å². The lowest BCUT2D eigenvalue weighted by molar-refractivity contribution is 0.244. The van der Waals surface area contributed by atoms with Crippen molar-refractivity contribution in [2.24, 2.45) is 5.92 Å². The second-order valence-corrected chi connectivity index (χ2v) is 5.86. The van der Waals surface area contributed by atoms with Crippen LogP contribution in [0.3, 0.4) is 0 Å². The third kappa shape index (κ3) is 4.67. The van der Waals surface area contributed by atoms with Crippen LogP contribution in [0.4, 0.5) is 16.6 Å². The summed E-state index contributed by atoms with van der Waals surface area (Å²) >= 11 is 0. The summed E-state index contributed by atoms with van der Waals surface area (Å²) in [7, 11) is 3.77. The van der Waals surface area contributed by atoms with E-state index in [0.717, 1.165) is 11.4 Å². The number of nitrogens with zero attached hydrogens (tertiary/aromatic N) is 3. The van der Waals surface area contributed by atoms with Crippen molar-refractivity contribution >= 4 is 17.8 Å². The van der Waals surface area contributed by atoms with Gasteiger partial charge in [-0.3, -0.25) is 5.32 Å². The predicted molar refractivity (Wildman–Crippen MR) is 92.5 cm³/mol. The van der Waals surface area contributed by atoms with Crippen molar-refractivity contribution in [1.29, 1.82) is 0 Å². The fourth-order valence-electron chi connectivity index (χ4n) is 2.23. The van der Waals surface area contributed by atoms with E-state index in [1.54, 1.807) is 12.3 Å². The molecule has 0 aliphatic rings. The topological polar surface area (TPSA) is 70.2 Å². The fourth-order valence-corrected chi connectivity index (χ4v) is 2.23. The van der Waals surface area contributed by atoms with Gasteiger partial charge in [-0.2, -0.15) is 4.98 Å². The zero-order valence-corrected chi connectivity index (χ0v) is 13.9. The average Bonchev–Trinajstić information content (AvgIpc) is 2.53. The second kappa shape index (κ2) is 7.58. The standard InChI is InChI=1S/C17H23N5O/c1-12(2)15(13-8-6-5-7-9-13)20-17(23)21-16-18-11-10-14(19-16)22(3)4/h5-12,15H,1-4H3,(H2,18,19,20,21,23)/t15-/m0/s1. The Kier molecular flexibility index (Phi) is 5.51. The van der Waals surface area contributed by atoms with Crippen LogP contribution in [0.1, 0.15) is 25.5 Å². The number of carbonyl (C=O) groups excluding carboxylic acids is 1. The maximum atomic E-state index is 12.3. The van der Waals surface area contributed by atoms with Crippen molar-refractivity contribution in [1.82, 2.24) is 15.3 Å². The average molecular weight is 313 g/mol. The highest BCUT2D eigenvalue weighted by atomic mass is 16.2. The highest BCUT2D eigenvalue weighted by Gasteiger charge is 2.18. The quantitative estimate of drug-likeness (QED) is 0.890. The molecule has 0 radical (unpaired) electrons. The Balaban J connectivity index is 2.07. The molecule has 2 N–H and O–H groups in total. The Morgan fingerprint density at radius 1 is 1.13 bits per heavy atom. The van der Waals surface area contributed by atoms with Crippen LogP contribution in [-0.4, -0.2) is 30.1 Å². The predicted octanol–water partition coefficient (Wildman–Crippen LogP) is 3.06. The lowest BCUT2D eigenvalue weighted by Crippen LogP contribution is -2.35. The van der Waals surface area contributed by atoms with Gasteiger partial charge in [0.05, 0.1) is 6.04 Å². The van der Waals surface area contributed by atoms with Crippen LogP contribution in [0.2, 0.25) is 0 Å². The van der Waals surface area contributed by atoms with Crippen molar-refractivity contribution in [2.45, 2.75) is 19.9 Å². The van der Waals surface area contributed by atoms with Crippen molar-refractivity contribution in [2.75, 3.05) is 24.3 Å². The maximum Gasteiger partial charge on any atom is 0.322 e. The summed E-state index contributed by atoms with van der Waals surface area (Å²) in [6.07, 6.45) is 1.62. The third-order valence-electron chi connectivity index (χ3n) is 3.44. The van der Waals surface area contributed by atoms with E-state index in [1.807, 2.05) is 49.3 Å². The summed E-state index contributed by atoms with van der Waals surface area (Å²) in [6.45, 7) is 4.14. The first kappa shape index (κ1) is 16.7. The van der Waals surface area contributed by atoms with E-state index in [2.05, 4.69) is 34.4 Å². The van der Waals surface area contributed by atoms with Gasteiger partial charge in [0.1, 0.15) is 5.82 Å². The molecule has 6 nitrogen and oxygen atoms in total. The van der Waals surface area contributed by atoms with Crippen molar-refractivity contribution in [3.05, 3.63) is 48.2 Å². The molecule has 0 aliphatic heterocycles. The molecular formula is C17H23N5O. The number of rotatable bonds is 5. The minimum Gasteiger partial charge on any atom is -0.363 e. The molecular weight excluding hydrogens is 290 g/mol. The lowest BCUT2D eigenvalue weighted by atomic mass is 9.96. The number of carbonyl (C=O) groups is 1. The number of urea groups is 1. The summed E-state index contributed by atoms with van der Waals surface area (Å²) < 4.78 is 0. The van der Waals surface area contributed by atoms with Gasteiger partial charge < -0.3 is 10.2 Å². The first-order valence-corrected chi connectivity index (χ1v) is 7.60. The van der Waals surface area contributed by atoms with E-state index in [-0.39, 0.29) is 23.9 Å². The number of benzene rings is 1. The number of nitrogens with one attached hydrogen (secondary N) is 2. The Bertz CT molecular complexity index is 642. The Morgan fingerprint density at radius 2 is 1.83 bits per heavy atom. The van der Waals surface area contributed by atoms with Crippen LogP contribution in [0, 0.1) is 5.92 Å². The molecule has 1 aromatic carbocycles. The molecule has 0 fully saturated rings.